The minimum atomic E-state index is -0.478. The fourth-order valence-corrected chi connectivity index (χ4v) is 2.98. The number of allylic oxidation sites excluding steroid dienone is 4. The molecule has 0 spiro atoms. The zero-order valence-electron chi connectivity index (χ0n) is 17.6. The molecule has 0 amide bonds. The second-order valence-corrected chi connectivity index (χ2v) is 7.07. The molecule has 30 heavy (non-hydrogen) atoms. The first-order valence-corrected chi connectivity index (χ1v) is 9.90. The van der Waals surface area contributed by atoms with Crippen LogP contribution in [0.25, 0.3) is 0 Å². The number of methoxy groups -OCH3 is 1. The van der Waals surface area contributed by atoms with Gasteiger partial charge in [0.1, 0.15) is 5.83 Å². The summed E-state index contributed by atoms with van der Waals surface area (Å²) >= 11 is 6.20. The van der Waals surface area contributed by atoms with Gasteiger partial charge < -0.3 is 14.2 Å². The standard InChI is InChI=1S/C24H27ClFNO3/c1-17(12-13-29-15-20-8-6-5-7-9-20)22(18(2)19(3)26)14-21-10-11-23(24(25)27-21)30-16-28-4/h5-12H,3,13-16H2,1-2,4H3/b17-12-,22-18-. The van der Waals surface area contributed by atoms with Gasteiger partial charge in [-0.2, -0.15) is 0 Å². The van der Waals surface area contributed by atoms with E-state index in [0.717, 1.165) is 16.7 Å². The fourth-order valence-electron chi connectivity index (χ4n) is 2.76. The molecule has 0 saturated carbocycles. The van der Waals surface area contributed by atoms with Crippen LogP contribution in [-0.4, -0.2) is 25.5 Å². The molecule has 0 atom stereocenters. The molecule has 0 N–H and O–H groups in total. The maximum Gasteiger partial charge on any atom is 0.188 e. The van der Waals surface area contributed by atoms with Crippen LogP contribution < -0.4 is 4.74 Å². The molecule has 1 aromatic carbocycles. The summed E-state index contributed by atoms with van der Waals surface area (Å²) in [5.41, 5.74) is 3.96. The third-order valence-corrected chi connectivity index (χ3v) is 4.79. The number of aromatic nitrogens is 1. The molecule has 0 radical (unpaired) electrons. The van der Waals surface area contributed by atoms with Gasteiger partial charge in [0.2, 0.25) is 0 Å². The van der Waals surface area contributed by atoms with Crippen molar-refractivity contribution in [2.75, 3.05) is 20.5 Å². The summed E-state index contributed by atoms with van der Waals surface area (Å²) in [5, 5.41) is 0.230. The van der Waals surface area contributed by atoms with Crippen LogP contribution >= 0.6 is 11.6 Å². The highest BCUT2D eigenvalue weighted by molar-refractivity contribution is 6.30. The van der Waals surface area contributed by atoms with Crippen molar-refractivity contribution in [2.45, 2.75) is 26.9 Å². The zero-order chi connectivity index (χ0) is 21.9. The van der Waals surface area contributed by atoms with Gasteiger partial charge in [-0.25, -0.2) is 9.37 Å². The topological polar surface area (TPSA) is 40.6 Å². The molecule has 0 fully saturated rings. The van der Waals surface area contributed by atoms with Crippen LogP contribution in [0.4, 0.5) is 4.39 Å². The SMILES string of the molecule is C=C(F)/C(C)=C(Cc1ccc(OCOC)c(Cl)n1)\C(C)=C/COCc1ccccc1. The Morgan fingerprint density at radius 1 is 1.17 bits per heavy atom. The van der Waals surface area contributed by atoms with Crippen molar-refractivity contribution in [3.63, 3.8) is 0 Å². The van der Waals surface area contributed by atoms with Crippen LogP contribution in [0.3, 0.4) is 0 Å². The van der Waals surface area contributed by atoms with Crippen molar-refractivity contribution >= 4 is 11.6 Å². The van der Waals surface area contributed by atoms with Crippen LogP contribution in [-0.2, 0) is 22.5 Å². The van der Waals surface area contributed by atoms with Crippen molar-refractivity contribution in [3.05, 3.63) is 94.1 Å². The molecule has 0 unspecified atom stereocenters. The lowest BCUT2D eigenvalue weighted by Gasteiger charge is -2.14. The number of rotatable bonds is 11. The number of hydrogen-bond donors (Lipinski definition) is 0. The van der Waals surface area contributed by atoms with E-state index >= 15 is 0 Å². The van der Waals surface area contributed by atoms with Crippen molar-refractivity contribution in [1.29, 1.82) is 0 Å². The maximum absolute atomic E-state index is 13.9. The first kappa shape index (κ1) is 23.8. The van der Waals surface area contributed by atoms with Gasteiger partial charge in [-0.15, -0.1) is 0 Å². The molecule has 0 saturated heterocycles. The molecule has 2 aromatic rings. The van der Waals surface area contributed by atoms with Crippen LogP contribution in [0.15, 0.2) is 77.7 Å². The summed E-state index contributed by atoms with van der Waals surface area (Å²) in [6.07, 6.45) is 2.34. The van der Waals surface area contributed by atoms with Gasteiger partial charge in [-0.1, -0.05) is 54.6 Å². The summed E-state index contributed by atoms with van der Waals surface area (Å²) in [7, 11) is 1.53. The van der Waals surface area contributed by atoms with Gasteiger partial charge >= 0.3 is 0 Å². The molecule has 6 heteroatoms. The van der Waals surface area contributed by atoms with E-state index in [1.807, 2.05) is 43.3 Å². The molecule has 0 bridgehead atoms. The lowest BCUT2D eigenvalue weighted by atomic mass is 9.96. The molecule has 0 aliphatic rings. The van der Waals surface area contributed by atoms with Gasteiger partial charge in [0.15, 0.2) is 17.7 Å². The number of ether oxygens (including phenoxy) is 3. The average molecular weight is 432 g/mol. The molecule has 0 aliphatic heterocycles. The predicted octanol–water partition coefficient (Wildman–Crippen LogP) is 6.22. The molecule has 4 nitrogen and oxygen atoms in total. The van der Waals surface area contributed by atoms with E-state index in [-0.39, 0.29) is 11.9 Å². The van der Waals surface area contributed by atoms with Crippen LogP contribution in [0.5, 0.6) is 5.75 Å². The van der Waals surface area contributed by atoms with E-state index in [1.54, 1.807) is 19.1 Å². The lowest BCUT2D eigenvalue weighted by molar-refractivity contribution is 0.0509. The third-order valence-electron chi connectivity index (χ3n) is 4.52. The molecular weight excluding hydrogens is 405 g/mol. The van der Waals surface area contributed by atoms with Gasteiger partial charge in [0, 0.05) is 19.2 Å². The van der Waals surface area contributed by atoms with Crippen molar-refractivity contribution in [1.82, 2.24) is 4.98 Å². The quantitative estimate of drug-likeness (QED) is 0.183. The van der Waals surface area contributed by atoms with Crippen molar-refractivity contribution in [2.24, 2.45) is 0 Å². The van der Waals surface area contributed by atoms with E-state index in [2.05, 4.69) is 11.6 Å². The maximum atomic E-state index is 13.9. The Hall–Kier alpha value is -2.47. The molecule has 0 aliphatic carbocycles. The van der Waals surface area contributed by atoms with Crippen LogP contribution in [0.1, 0.15) is 25.1 Å². The first-order chi connectivity index (χ1) is 14.4. The Morgan fingerprint density at radius 2 is 1.90 bits per heavy atom. The van der Waals surface area contributed by atoms with E-state index in [1.165, 1.54) is 7.11 Å². The highest BCUT2D eigenvalue weighted by Gasteiger charge is 2.12. The second-order valence-electron chi connectivity index (χ2n) is 6.72. The summed E-state index contributed by atoms with van der Waals surface area (Å²) in [6, 6.07) is 13.4. The summed E-state index contributed by atoms with van der Waals surface area (Å²) in [6.45, 7) is 8.07. The highest BCUT2D eigenvalue weighted by atomic mass is 35.5. The number of hydrogen-bond acceptors (Lipinski definition) is 4. The summed E-state index contributed by atoms with van der Waals surface area (Å²) in [5.74, 6) is -0.0462. The Labute approximate surface area is 182 Å². The predicted molar refractivity (Wildman–Crippen MR) is 118 cm³/mol. The minimum absolute atomic E-state index is 0.0809. The summed E-state index contributed by atoms with van der Waals surface area (Å²) in [4.78, 5) is 4.37. The number of halogens is 2. The van der Waals surface area contributed by atoms with E-state index in [0.29, 0.717) is 36.7 Å². The van der Waals surface area contributed by atoms with Crippen LogP contribution in [0, 0.1) is 0 Å². The van der Waals surface area contributed by atoms with Gasteiger partial charge in [-0.3, -0.25) is 0 Å². The minimum Gasteiger partial charge on any atom is -0.464 e. The Balaban J connectivity index is 2.11. The molecule has 1 aromatic heterocycles. The highest BCUT2D eigenvalue weighted by Crippen LogP contribution is 2.27. The number of benzene rings is 1. The third kappa shape index (κ3) is 7.41. The molecule has 2 rings (SSSR count). The normalized spacial score (nSPS) is 12.5. The van der Waals surface area contributed by atoms with Crippen molar-refractivity contribution < 1.29 is 18.6 Å². The smallest absolute Gasteiger partial charge is 0.188 e. The molecular formula is C24H27ClFNO3. The second kappa shape index (κ2) is 12.3. The molecule has 160 valence electrons. The lowest BCUT2D eigenvalue weighted by Crippen LogP contribution is -2.03. The Bertz CT molecular complexity index is 910. The van der Waals surface area contributed by atoms with E-state index in [4.69, 9.17) is 25.8 Å². The van der Waals surface area contributed by atoms with Gasteiger partial charge in [0.05, 0.1) is 13.2 Å². The van der Waals surface area contributed by atoms with Crippen LogP contribution in [0.2, 0.25) is 5.15 Å². The molecule has 1 heterocycles. The van der Waals surface area contributed by atoms with E-state index in [9.17, 15) is 4.39 Å². The number of pyridine rings is 1. The zero-order valence-corrected chi connectivity index (χ0v) is 18.3. The van der Waals surface area contributed by atoms with Crippen molar-refractivity contribution in [3.8, 4) is 5.75 Å². The first-order valence-electron chi connectivity index (χ1n) is 9.52. The Morgan fingerprint density at radius 3 is 2.53 bits per heavy atom. The Kier molecular flexibility index (Phi) is 9.74. The summed E-state index contributed by atoms with van der Waals surface area (Å²) < 4.78 is 29.9. The largest absolute Gasteiger partial charge is 0.464 e. The monoisotopic (exact) mass is 431 g/mol. The fraction of sp³-hybridized carbons (Fsp3) is 0.292. The average Bonchev–Trinajstić information content (AvgIpc) is 2.74. The van der Waals surface area contributed by atoms with Gasteiger partial charge in [-0.05, 0) is 48.3 Å². The van der Waals surface area contributed by atoms with Gasteiger partial charge in [0.25, 0.3) is 0 Å². The van der Waals surface area contributed by atoms with E-state index < -0.39 is 5.83 Å². The number of nitrogens with zero attached hydrogens (tertiary/aromatic N) is 1.